The number of piperazine rings is 1. The summed E-state index contributed by atoms with van der Waals surface area (Å²) in [6, 6.07) is 5.13. The Kier molecular flexibility index (Phi) is 8.79. The van der Waals surface area contributed by atoms with Crippen LogP contribution in [0.1, 0.15) is 64.9 Å². The molecule has 0 radical (unpaired) electrons. The van der Waals surface area contributed by atoms with Gasteiger partial charge in [0.2, 0.25) is 0 Å². The lowest BCUT2D eigenvalue weighted by Crippen LogP contribution is -2.57. The number of terminal acetylenes is 1. The van der Waals surface area contributed by atoms with Crippen molar-refractivity contribution in [2.24, 2.45) is 5.41 Å². The topological polar surface area (TPSA) is 104 Å². The van der Waals surface area contributed by atoms with Crippen LogP contribution in [0.5, 0.6) is 11.8 Å². The Balaban J connectivity index is 1.18. The SMILES string of the molecule is C#Cc1c(F)ccc2cc(O)cc(-c3ncc4c(N5CC6CCC(C5)N6C(=O)OC(C)(C)C)nc(OCC5(CN6CCC(F)CC6)CC5)nc4c3F)c12. The van der Waals surface area contributed by atoms with Crippen LogP contribution in [0.2, 0.25) is 0 Å². The molecular formula is C40H43F3N6O4. The maximum absolute atomic E-state index is 17.0. The number of aromatic nitrogens is 3. The number of rotatable bonds is 7. The first-order chi connectivity index (χ1) is 25.3. The van der Waals surface area contributed by atoms with E-state index in [4.69, 9.17) is 20.9 Å². The van der Waals surface area contributed by atoms with Gasteiger partial charge in [0, 0.05) is 55.3 Å². The van der Waals surface area contributed by atoms with Crippen molar-refractivity contribution in [2.75, 3.05) is 44.2 Å². The number of anilines is 1. The molecule has 13 heteroatoms. The number of amides is 1. The zero-order chi connectivity index (χ0) is 37.2. The summed E-state index contributed by atoms with van der Waals surface area (Å²) < 4.78 is 57.9. The van der Waals surface area contributed by atoms with Crippen molar-refractivity contribution in [1.82, 2.24) is 24.8 Å². The smallest absolute Gasteiger partial charge is 0.410 e. The lowest BCUT2D eigenvalue weighted by atomic mass is 9.96. The molecule has 4 fully saturated rings. The highest BCUT2D eigenvalue weighted by Gasteiger charge is 2.47. The highest BCUT2D eigenvalue weighted by molar-refractivity contribution is 6.03. The number of piperidine rings is 1. The Bertz CT molecular complexity index is 2130. The fourth-order valence-corrected chi connectivity index (χ4v) is 8.23. The molecule has 3 saturated heterocycles. The van der Waals surface area contributed by atoms with Crippen molar-refractivity contribution < 1.29 is 32.5 Å². The Labute approximate surface area is 306 Å². The number of aromatic hydroxyl groups is 1. The Hall–Kier alpha value is -4.83. The predicted molar refractivity (Wildman–Crippen MR) is 195 cm³/mol. The molecule has 2 unspecified atom stereocenters. The second kappa shape index (κ2) is 13.2. The van der Waals surface area contributed by atoms with Gasteiger partial charge in [0.1, 0.15) is 40.4 Å². The van der Waals surface area contributed by atoms with Gasteiger partial charge >= 0.3 is 12.1 Å². The summed E-state index contributed by atoms with van der Waals surface area (Å²) in [5, 5.41) is 11.6. The molecule has 5 heterocycles. The van der Waals surface area contributed by atoms with E-state index in [0.29, 0.717) is 62.2 Å². The second-order valence-corrected chi connectivity index (χ2v) is 16.1. The van der Waals surface area contributed by atoms with Crippen molar-refractivity contribution in [2.45, 2.75) is 83.2 Å². The monoisotopic (exact) mass is 728 g/mol. The minimum absolute atomic E-state index is 0.00432. The molecule has 2 atom stereocenters. The van der Waals surface area contributed by atoms with E-state index in [9.17, 15) is 18.7 Å². The highest BCUT2D eigenvalue weighted by atomic mass is 19.1. The molecule has 278 valence electrons. The number of ether oxygens (including phenoxy) is 2. The molecule has 1 amide bonds. The van der Waals surface area contributed by atoms with Crippen LogP contribution in [-0.2, 0) is 4.74 Å². The number of fused-ring (bicyclic) bond motifs is 4. The van der Waals surface area contributed by atoms with Crippen molar-refractivity contribution >= 4 is 33.6 Å². The number of hydrogen-bond acceptors (Lipinski definition) is 9. The number of nitrogens with zero attached hydrogens (tertiary/aromatic N) is 6. The van der Waals surface area contributed by atoms with Gasteiger partial charge in [-0.3, -0.25) is 9.88 Å². The summed E-state index contributed by atoms with van der Waals surface area (Å²) in [4.78, 5) is 33.3. The summed E-state index contributed by atoms with van der Waals surface area (Å²) in [7, 11) is 0. The third kappa shape index (κ3) is 6.78. The van der Waals surface area contributed by atoms with Crippen LogP contribution in [0.4, 0.5) is 23.8 Å². The molecule has 2 bridgehead atoms. The van der Waals surface area contributed by atoms with E-state index in [1.54, 1.807) is 0 Å². The number of hydrogen-bond donors (Lipinski definition) is 1. The normalized spacial score (nSPS) is 21.6. The van der Waals surface area contributed by atoms with E-state index < -0.39 is 23.4 Å². The van der Waals surface area contributed by atoms with E-state index >= 15 is 4.39 Å². The number of halogens is 3. The lowest BCUT2D eigenvalue weighted by Gasteiger charge is -2.42. The summed E-state index contributed by atoms with van der Waals surface area (Å²) in [6.45, 7) is 8.88. The van der Waals surface area contributed by atoms with Crippen LogP contribution in [0, 0.1) is 29.4 Å². The largest absolute Gasteiger partial charge is 0.508 e. The zero-order valence-corrected chi connectivity index (χ0v) is 30.2. The van der Waals surface area contributed by atoms with Crippen LogP contribution in [0.15, 0.2) is 30.5 Å². The average Bonchev–Trinajstić information content (AvgIpc) is 3.82. The van der Waals surface area contributed by atoms with E-state index in [2.05, 4.69) is 20.8 Å². The zero-order valence-electron chi connectivity index (χ0n) is 30.2. The third-order valence-corrected chi connectivity index (χ3v) is 11.0. The fraction of sp³-hybridized carbons (Fsp3) is 0.500. The van der Waals surface area contributed by atoms with Crippen LogP contribution in [-0.4, -0.2) is 99.1 Å². The summed E-state index contributed by atoms with van der Waals surface area (Å²) in [6.07, 6.45) is 10.6. The van der Waals surface area contributed by atoms with Gasteiger partial charge in [-0.25, -0.2) is 18.0 Å². The predicted octanol–water partition coefficient (Wildman–Crippen LogP) is 6.99. The molecule has 53 heavy (non-hydrogen) atoms. The van der Waals surface area contributed by atoms with E-state index in [-0.39, 0.29) is 63.1 Å². The van der Waals surface area contributed by atoms with E-state index in [1.165, 1.54) is 30.5 Å². The molecule has 1 N–H and O–H groups in total. The summed E-state index contributed by atoms with van der Waals surface area (Å²) in [5.41, 5.74) is -0.942. The van der Waals surface area contributed by atoms with Crippen LogP contribution >= 0.6 is 0 Å². The standard InChI is InChI=1S/C40H43F3N6O4/c1-5-28-31(42)9-6-23-16-27(50)17-29(32(23)28)34-33(43)35-30(18-44-34)36(48-19-25-7-8-26(20-48)49(25)38(51)53-39(2,3)4)46-37(45-35)52-22-40(12-13-40)21-47-14-10-24(41)11-15-47/h1,6,9,16-18,24-26,50H,7-8,10-15,19-22H2,2-4H3. The quantitative estimate of drug-likeness (QED) is 0.202. The van der Waals surface area contributed by atoms with Gasteiger partial charge in [0.15, 0.2) is 5.82 Å². The summed E-state index contributed by atoms with van der Waals surface area (Å²) in [5.74, 6) is 1.17. The van der Waals surface area contributed by atoms with E-state index in [0.717, 1.165) is 32.2 Å². The number of pyridine rings is 1. The molecule has 0 spiro atoms. The fourth-order valence-electron chi connectivity index (χ4n) is 8.23. The average molecular weight is 729 g/mol. The number of benzene rings is 2. The van der Waals surface area contributed by atoms with Gasteiger partial charge in [-0.15, -0.1) is 6.42 Å². The maximum atomic E-state index is 17.0. The number of phenols is 1. The van der Waals surface area contributed by atoms with Crippen LogP contribution in [0.25, 0.3) is 32.9 Å². The number of alkyl halides is 1. The van der Waals surface area contributed by atoms with Crippen LogP contribution < -0.4 is 9.64 Å². The molecule has 3 aliphatic heterocycles. The van der Waals surface area contributed by atoms with Crippen LogP contribution in [0.3, 0.4) is 0 Å². The number of carbonyl (C=O) groups excluding carboxylic acids is 1. The molecule has 4 aromatic rings. The molecule has 10 nitrogen and oxygen atoms in total. The molecule has 8 rings (SSSR count). The van der Waals surface area contributed by atoms with Gasteiger partial charge in [0.25, 0.3) is 0 Å². The molecule has 2 aromatic carbocycles. The Morgan fingerprint density at radius 2 is 1.79 bits per heavy atom. The van der Waals surface area contributed by atoms with Crippen molar-refractivity contribution in [1.29, 1.82) is 0 Å². The highest BCUT2D eigenvalue weighted by Crippen LogP contribution is 2.47. The molecule has 2 aromatic heterocycles. The first-order valence-corrected chi connectivity index (χ1v) is 18.4. The summed E-state index contributed by atoms with van der Waals surface area (Å²) >= 11 is 0. The van der Waals surface area contributed by atoms with Gasteiger partial charge in [0.05, 0.1) is 29.6 Å². The number of likely N-dealkylation sites (tertiary alicyclic amines) is 1. The third-order valence-electron chi connectivity index (χ3n) is 11.0. The Morgan fingerprint density at radius 1 is 1.08 bits per heavy atom. The number of carbonyl (C=O) groups is 1. The second-order valence-electron chi connectivity index (χ2n) is 16.1. The first kappa shape index (κ1) is 35.2. The van der Waals surface area contributed by atoms with Crippen molar-refractivity contribution in [3.8, 4) is 35.4 Å². The number of phenolic OH excluding ortho intramolecular Hbond substituents is 1. The minimum atomic E-state index is -0.805. The minimum Gasteiger partial charge on any atom is -0.508 e. The Morgan fingerprint density at radius 3 is 2.45 bits per heavy atom. The van der Waals surface area contributed by atoms with Gasteiger partial charge in [-0.05, 0) is 82.9 Å². The molecule has 4 aliphatic rings. The molecule has 1 saturated carbocycles. The first-order valence-electron chi connectivity index (χ1n) is 18.4. The van der Waals surface area contributed by atoms with E-state index in [1.807, 2.05) is 30.6 Å². The van der Waals surface area contributed by atoms with Crippen molar-refractivity contribution in [3.05, 3.63) is 47.7 Å². The maximum Gasteiger partial charge on any atom is 0.410 e. The van der Waals surface area contributed by atoms with Gasteiger partial charge in [-0.2, -0.15) is 9.97 Å². The molecular weight excluding hydrogens is 685 g/mol. The van der Waals surface area contributed by atoms with Crippen molar-refractivity contribution in [3.63, 3.8) is 0 Å². The lowest BCUT2D eigenvalue weighted by molar-refractivity contribution is 0.0122. The molecule has 1 aliphatic carbocycles. The van der Waals surface area contributed by atoms with Gasteiger partial charge < -0.3 is 24.4 Å². The van der Waals surface area contributed by atoms with Gasteiger partial charge in [-0.1, -0.05) is 12.0 Å².